The predicted molar refractivity (Wildman–Crippen MR) is 113 cm³/mol. The number of halogens is 2. The number of rotatable bonds is 7. The third-order valence-corrected chi connectivity index (χ3v) is 4.67. The fraction of sp³-hybridized carbons (Fsp3) is 0.286. The molecule has 6 nitrogen and oxygen atoms in total. The molecule has 29 heavy (non-hydrogen) atoms. The number of hydrogen-bond acceptors (Lipinski definition) is 4. The quantitative estimate of drug-likeness (QED) is 0.453. The molecule has 1 heterocycles. The first-order chi connectivity index (χ1) is 14.0. The zero-order valence-corrected chi connectivity index (χ0v) is 17.1. The van der Waals surface area contributed by atoms with Crippen LogP contribution in [-0.4, -0.2) is 36.2 Å². The molecule has 3 rings (SSSR count). The minimum absolute atomic E-state index is 0.211. The lowest BCUT2D eigenvalue weighted by atomic mass is 10.1. The SMILES string of the molecule is CN=C(NCCc1nc(-c2ccc(Cl)cc2)no1)NCCc1ccc(F)cc1C. The molecule has 0 spiro atoms. The summed E-state index contributed by atoms with van der Waals surface area (Å²) in [5.41, 5.74) is 2.91. The van der Waals surface area contributed by atoms with Gasteiger partial charge in [-0.25, -0.2) is 4.39 Å². The maximum atomic E-state index is 13.2. The maximum absolute atomic E-state index is 13.2. The van der Waals surface area contributed by atoms with Gasteiger partial charge >= 0.3 is 0 Å². The number of aryl methyl sites for hydroxylation is 1. The summed E-state index contributed by atoms with van der Waals surface area (Å²) in [7, 11) is 1.71. The Kier molecular flexibility index (Phi) is 7.19. The molecule has 0 atom stereocenters. The zero-order chi connectivity index (χ0) is 20.6. The Morgan fingerprint density at radius 1 is 1.10 bits per heavy atom. The van der Waals surface area contributed by atoms with Crippen LogP contribution in [-0.2, 0) is 12.8 Å². The van der Waals surface area contributed by atoms with Crippen molar-refractivity contribution in [2.75, 3.05) is 20.1 Å². The lowest BCUT2D eigenvalue weighted by molar-refractivity contribution is 0.378. The molecule has 8 heteroatoms. The lowest BCUT2D eigenvalue weighted by Gasteiger charge is -2.12. The largest absolute Gasteiger partial charge is 0.356 e. The molecule has 0 bridgehead atoms. The third kappa shape index (κ3) is 6.02. The fourth-order valence-electron chi connectivity index (χ4n) is 2.84. The van der Waals surface area contributed by atoms with E-state index in [2.05, 4.69) is 25.8 Å². The van der Waals surface area contributed by atoms with Crippen LogP contribution in [0.15, 0.2) is 52.0 Å². The summed E-state index contributed by atoms with van der Waals surface area (Å²) in [6, 6.07) is 12.1. The molecule has 152 valence electrons. The maximum Gasteiger partial charge on any atom is 0.228 e. The smallest absolute Gasteiger partial charge is 0.228 e. The van der Waals surface area contributed by atoms with Crippen molar-refractivity contribution in [2.45, 2.75) is 19.8 Å². The molecule has 0 radical (unpaired) electrons. The van der Waals surface area contributed by atoms with Crippen molar-refractivity contribution in [3.05, 3.63) is 70.3 Å². The van der Waals surface area contributed by atoms with E-state index >= 15 is 0 Å². The first kappa shape index (κ1) is 20.8. The topological polar surface area (TPSA) is 75.3 Å². The molecule has 0 aliphatic carbocycles. The third-order valence-electron chi connectivity index (χ3n) is 4.42. The molecule has 0 aliphatic heterocycles. The molecule has 1 aromatic heterocycles. The van der Waals surface area contributed by atoms with Crippen LogP contribution in [0.25, 0.3) is 11.4 Å². The van der Waals surface area contributed by atoms with Gasteiger partial charge < -0.3 is 15.2 Å². The first-order valence-electron chi connectivity index (χ1n) is 9.33. The van der Waals surface area contributed by atoms with Gasteiger partial charge in [0.15, 0.2) is 5.96 Å². The summed E-state index contributed by atoms with van der Waals surface area (Å²) in [6.45, 7) is 3.19. The van der Waals surface area contributed by atoms with Crippen LogP contribution < -0.4 is 10.6 Å². The van der Waals surface area contributed by atoms with E-state index in [0.29, 0.717) is 42.2 Å². The summed E-state index contributed by atoms with van der Waals surface area (Å²) in [4.78, 5) is 8.60. The second kappa shape index (κ2) is 10.0. The fourth-order valence-corrected chi connectivity index (χ4v) is 2.96. The molecule has 0 saturated heterocycles. The van der Waals surface area contributed by atoms with Gasteiger partial charge in [0.25, 0.3) is 0 Å². The standard InChI is InChI=1S/C21H23ClFN5O/c1-14-13-18(23)8-5-15(14)9-11-25-21(24-2)26-12-10-19-27-20(28-29-19)16-3-6-17(22)7-4-16/h3-8,13H,9-12H2,1-2H3,(H2,24,25,26). The number of aliphatic imine (C=N–C) groups is 1. The van der Waals surface area contributed by atoms with E-state index in [1.807, 2.05) is 25.1 Å². The van der Waals surface area contributed by atoms with E-state index in [1.165, 1.54) is 6.07 Å². The monoisotopic (exact) mass is 415 g/mol. The number of nitrogens with one attached hydrogen (secondary N) is 2. The van der Waals surface area contributed by atoms with E-state index in [4.69, 9.17) is 16.1 Å². The van der Waals surface area contributed by atoms with Gasteiger partial charge in [0.2, 0.25) is 11.7 Å². The van der Waals surface area contributed by atoms with Gasteiger partial charge in [-0.2, -0.15) is 4.98 Å². The van der Waals surface area contributed by atoms with E-state index in [9.17, 15) is 4.39 Å². The molecule has 3 aromatic rings. The second-order valence-corrected chi connectivity index (χ2v) is 6.95. The van der Waals surface area contributed by atoms with Crippen LogP contribution in [0.2, 0.25) is 5.02 Å². The molecule has 0 unspecified atom stereocenters. The van der Waals surface area contributed by atoms with Crippen LogP contribution in [0, 0.1) is 12.7 Å². The summed E-state index contributed by atoms with van der Waals surface area (Å²) in [6.07, 6.45) is 1.35. The van der Waals surface area contributed by atoms with Gasteiger partial charge in [-0.3, -0.25) is 4.99 Å². The van der Waals surface area contributed by atoms with Crippen LogP contribution >= 0.6 is 11.6 Å². The molecular formula is C21H23ClFN5O. The van der Waals surface area contributed by atoms with Crippen LogP contribution in [0.5, 0.6) is 0 Å². The van der Waals surface area contributed by atoms with E-state index in [0.717, 1.165) is 23.1 Å². The molecule has 0 aliphatic rings. The zero-order valence-electron chi connectivity index (χ0n) is 16.4. The average molecular weight is 416 g/mol. The first-order valence-corrected chi connectivity index (χ1v) is 9.71. The normalized spacial score (nSPS) is 11.5. The Hall–Kier alpha value is -2.93. The van der Waals surface area contributed by atoms with Gasteiger partial charge in [0, 0.05) is 37.1 Å². The number of hydrogen-bond donors (Lipinski definition) is 2. The van der Waals surface area contributed by atoms with E-state index in [1.54, 1.807) is 25.2 Å². The van der Waals surface area contributed by atoms with Crippen molar-refractivity contribution < 1.29 is 8.91 Å². The highest BCUT2D eigenvalue weighted by Gasteiger charge is 2.09. The Bertz CT molecular complexity index is 971. The summed E-state index contributed by atoms with van der Waals surface area (Å²) in [5, 5.41) is 11.1. The van der Waals surface area contributed by atoms with Crippen molar-refractivity contribution in [2.24, 2.45) is 4.99 Å². The van der Waals surface area contributed by atoms with Crippen LogP contribution in [0.4, 0.5) is 4.39 Å². The highest BCUT2D eigenvalue weighted by Crippen LogP contribution is 2.18. The minimum atomic E-state index is -0.211. The Morgan fingerprint density at radius 3 is 2.52 bits per heavy atom. The Morgan fingerprint density at radius 2 is 1.83 bits per heavy atom. The number of benzene rings is 2. The number of aromatic nitrogens is 2. The summed E-state index contributed by atoms with van der Waals surface area (Å²) < 4.78 is 18.5. The second-order valence-electron chi connectivity index (χ2n) is 6.52. The predicted octanol–water partition coefficient (Wildman–Crippen LogP) is 3.79. The molecule has 2 aromatic carbocycles. The van der Waals surface area contributed by atoms with Gasteiger partial charge in [-0.15, -0.1) is 0 Å². The van der Waals surface area contributed by atoms with Gasteiger partial charge in [-0.05, 0) is 60.9 Å². The van der Waals surface area contributed by atoms with Crippen molar-refractivity contribution >= 4 is 17.6 Å². The van der Waals surface area contributed by atoms with Crippen molar-refractivity contribution in [3.63, 3.8) is 0 Å². The molecule has 0 saturated carbocycles. The average Bonchev–Trinajstić information content (AvgIpc) is 3.18. The van der Waals surface area contributed by atoms with Crippen molar-refractivity contribution in [1.82, 2.24) is 20.8 Å². The number of nitrogens with zero attached hydrogens (tertiary/aromatic N) is 3. The summed E-state index contributed by atoms with van der Waals surface area (Å²) >= 11 is 5.90. The highest BCUT2D eigenvalue weighted by atomic mass is 35.5. The minimum Gasteiger partial charge on any atom is -0.356 e. The summed E-state index contributed by atoms with van der Waals surface area (Å²) in [5.74, 6) is 1.55. The van der Waals surface area contributed by atoms with Crippen LogP contribution in [0.3, 0.4) is 0 Å². The molecule has 0 amide bonds. The molecule has 0 fully saturated rings. The van der Waals surface area contributed by atoms with Crippen LogP contribution in [0.1, 0.15) is 17.0 Å². The molecule has 2 N–H and O–H groups in total. The van der Waals surface area contributed by atoms with E-state index < -0.39 is 0 Å². The molecular weight excluding hydrogens is 393 g/mol. The van der Waals surface area contributed by atoms with Crippen molar-refractivity contribution in [1.29, 1.82) is 0 Å². The lowest BCUT2D eigenvalue weighted by Crippen LogP contribution is -2.39. The van der Waals surface area contributed by atoms with Gasteiger partial charge in [-0.1, -0.05) is 22.8 Å². The highest BCUT2D eigenvalue weighted by molar-refractivity contribution is 6.30. The Balaban J connectivity index is 1.43. The van der Waals surface area contributed by atoms with Gasteiger partial charge in [0.05, 0.1) is 0 Å². The Labute approximate surface area is 174 Å². The number of guanidine groups is 1. The van der Waals surface area contributed by atoms with Crippen molar-refractivity contribution in [3.8, 4) is 11.4 Å². The van der Waals surface area contributed by atoms with Gasteiger partial charge in [0.1, 0.15) is 5.82 Å². The van der Waals surface area contributed by atoms with E-state index in [-0.39, 0.29) is 5.82 Å².